The SMILES string of the molecule is CCCCCC(=O)c1cc(C(F)(F)F)ccc1F. The molecule has 0 bridgehead atoms. The lowest BCUT2D eigenvalue weighted by Gasteiger charge is -2.09. The lowest BCUT2D eigenvalue weighted by Crippen LogP contribution is -2.09. The maximum Gasteiger partial charge on any atom is 0.416 e. The third-order valence-electron chi connectivity index (χ3n) is 2.60. The Morgan fingerprint density at radius 2 is 1.89 bits per heavy atom. The highest BCUT2D eigenvalue weighted by Crippen LogP contribution is 2.30. The summed E-state index contributed by atoms with van der Waals surface area (Å²) in [7, 11) is 0. The summed E-state index contributed by atoms with van der Waals surface area (Å²) < 4.78 is 50.6. The molecule has 5 heteroatoms. The van der Waals surface area contributed by atoms with Crippen LogP contribution in [0.5, 0.6) is 0 Å². The van der Waals surface area contributed by atoms with E-state index in [-0.39, 0.29) is 6.42 Å². The third kappa shape index (κ3) is 3.82. The second kappa shape index (κ2) is 5.98. The van der Waals surface area contributed by atoms with Gasteiger partial charge in [0.15, 0.2) is 5.78 Å². The molecule has 100 valence electrons. The summed E-state index contributed by atoms with van der Waals surface area (Å²) >= 11 is 0. The van der Waals surface area contributed by atoms with Gasteiger partial charge in [-0.1, -0.05) is 19.8 Å². The first kappa shape index (κ1) is 14.7. The fourth-order valence-corrected chi connectivity index (χ4v) is 1.59. The van der Waals surface area contributed by atoms with E-state index in [0.29, 0.717) is 24.6 Å². The molecular weight excluding hydrogens is 248 g/mol. The zero-order valence-corrected chi connectivity index (χ0v) is 9.98. The van der Waals surface area contributed by atoms with Crippen molar-refractivity contribution in [1.29, 1.82) is 0 Å². The fraction of sp³-hybridized carbons (Fsp3) is 0.462. The average molecular weight is 262 g/mol. The summed E-state index contributed by atoms with van der Waals surface area (Å²) in [6, 6.07) is 1.91. The van der Waals surface area contributed by atoms with Gasteiger partial charge in [0.25, 0.3) is 0 Å². The van der Waals surface area contributed by atoms with Gasteiger partial charge in [-0.05, 0) is 24.6 Å². The van der Waals surface area contributed by atoms with Crippen molar-refractivity contribution in [3.63, 3.8) is 0 Å². The molecule has 0 heterocycles. The maximum absolute atomic E-state index is 13.3. The van der Waals surface area contributed by atoms with Gasteiger partial charge in [-0.25, -0.2) is 4.39 Å². The molecule has 0 aliphatic rings. The summed E-state index contributed by atoms with van der Waals surface area (Å²) in [5, 5.41) is 0. The Hall–Kier alpha value is -1.39. The second-order valence-electron chi connectivity index (χ2n) is 4.07. The van der Waals surface area contributed by atoms with Crippen LogP contribution in [0.15, 0.2) is 18.2 Å². The number of ketones is 1. The van der Waals surface area contributed by atoms with Crippen LogP contribution >= 0.6 is 0 Å². The highest BCUT2D eigenvalue weighted by Gasteiger charge is 2.31. The molecule has 0 atom stereocenters. The normalized spacial score (nSPS) is 11.6. The smallest absolute Gasteiger partial charge is 0.294 e. The van der Waals surface area contributed by atoms with Gasteiger partial charge in [0, 0.05) is 6.42 Å². The van der Waals surface area contributed by atoms with Gasteiger partial charge in [-0.2, -0.15) is 13.2 Å². The van der Waals surface area contributed by atoms with Crippen LogP contribution in [-0.2, 0) is 6.18 Å². The molecule has 18 heavy (non-hydrogen) atoms. The predicted molar refractivity (Wildman–Crippen MR) is 59.9 cm³/mol. The molecule has 0 saturated carbocycles. The molecule has 0 N–H and O–H groups in total. The second-order valence-corrected chi connectivity index (χ2v) is 4.07. The van der Waals surface area contributed by atoms with Gasteiger partial charge in [0.05, 0.1) is 11.1 Å². The zero-order chi connectivity index (χ0) is 13.8. The summed E-state index contributed by atoms with van der Waals surface area (Å²) in [4.78, 5) is 11.6. The van der Waals surface area contributed by atoms with E-state index in [1.165, 1.54) is 0 Å². The molecule has 1 aromatic rings. The minimum atomic E-state index is -4.56. The average Bonchev–Trinajstić information content (AvgIpc) is 2.28. The van der Waals surface area contributed by atoms with E-state index in [9.17, 15) is 22.4 Å². The van der Waals surface area contributed by atoms with Crippen LogP contribution in [0.3, 0.4) is 0 Å². The van der Waals surface area contributed by atoms with Crippen molar-refractivity contribution < 1.29 is 22.4 Å². The Balaban J connectivity index is 2.90. The van der Waals surface area contributed by atoms with Crippen LogP contribution in [0.4, 0.5) is 17.6 Å². The number of hydrogen-bond donors (Lipinski definition) is 0. The molecule has 0 saturated heterocycles. The molecule has 0 aliphatic heterocycles. The Labute approximate surface area is 103 Å². The van der Waals surface area contributed by atoms with E-state index in [4.69, 9.17) is 0 Å². The standard InChI is InChI=1S/C13H14F4O/c1-2-3-4-5-12(18)10-8-9(13(15,16)17)6-7-11(10)14/h6-8H,2-5H2,1H3. The number of halogens is 4. The van der Waals surface area contributed by atoms with Gasteiger partial charge >= 0.3 is 6.18 Å². The number of Topliss-reactive ketones (excluding diaryl/α,β-unsaturated/α-hetero) is 1. The van der Waals surface area contributed by atoms with Crippen molar-refractivity contribution in [2.45, 2.75) is 38.8 Å². The summed E-state index contributed by atoms with van der Waals surface area (Å²) in [5.41, 5.74) is -1.47. The van der Waals surface area contributed by atoms with Gasteiger partial charge in [0.1, 0.15) is 5.82 Å². The number of rotatable bonds is 5. The minimum absolute atomic E-state index is 0.0755. The summed E-state index contributed by atoms with van der Waals surface area (Å²) in [6.07, 6.45) is -2.24. The number of unbranched alkanes of at least 4 members (excludes halogenated alkanes) is 2. The molecule has 1 rings (SSSR count). The minimum Gasteiger partial charge on any atom is -0.294 e. The molecule has 1 nitrogen and oxygen atoms in total. The lowest BCUT2D eigenvalue weighted by molar-refractivity contribution is -0.137. The van der Waals surface area contributed by atoms with Crippen molar-refractivity contribution in [2.75, 3.05) is 0 Å². The van der Waals surface area contributed by atoms with E-state index in [1.807, 2.05) is 6.92 Å². The lowest BCUT2D eigenvalue weighted by atomic mass is 10.0. The molecule has 0 unspecified atom stereocenters. The zero-order valence-electron chi connectivity index (χ0n) is 9.98. The predicted octanol–water partition coefficient (Wildman–Crippen LogP) is 4.61. The van der Waals surface area contributed by atoms with Crippen molar-refractivity contribution >= 4 is 5.78 Å². The third-order valence-corrected chi connectivity index (χ3v) is 2.60. The molecule has 0 radical (unpaired) electrons. The van der Waals surface area contributed by atoms with Crippen molar-refractivity contribution in [3.05, 3.63) is 35.1 Å². The fourth-order valence-electron chi connectivity index (χ4n) is 1.59. The quantitative estimate of drug-likeness (QED) is 0.430. The first-order valence-corrected chi connectivity index (χ1v) is 5.76. The molecule has 0 aromatic heterocycles. The van der Waals surface area contributed by atoms with E-state index >= 15 is 0 Å². The molecule has 0 amide bonds. The maximum atomic E-state index is 13.3. The van der Waals surface area contributed by atoms with Crippen LogP contribution in [0.2, 0.25) is 0 Å². The Bertz CT molecular complexity index is 423. The number of carbonyl (C=O) groups excluding carboxylic acids is 1. The highest BCUT2D eigenvalue weighted by molar-refractivity contribution is 5.96. The van der Waals surface area contributed by atoms with Gasteiger partial charge in [0.2, 0.25) is 0 Å². The van der Waals surface area contributed by atoms with E-state index in [0.717, 1.165) is 12.8 Å². The van der Waals surface area contributed by atoms with Crippen molar-refractivity contribution in [3.8, 4) is 0 Å². The highest BCUT2D eigenvalue weighted by atomic mass is 19.4. The molecular formula is C13H14F4O. The van der Waals surface area contributed by atoms with Crippen molar-refractivity contribution in [1.82, 2.24) is 0 Å². The van der Waals surface area contributed by atoms with Crippen LogP contribution in [0.1, 0.15) is 48.5 Å². The number of alkyl halides is 3. The largest absolute Gasteiger partial charge is 0.416 e. The summed E-state index contributed by atoms with van der Waals surface area (Å²) in [5.74, 6) is -1.48. The number of carbonyl (C=O) groups is 1. The van der Waals surface area contributed by atoms with Crippen LogP contribution in [-0.4, -0.2) is 5.78 Å². The molecule has 0 aliphatic carbocycles. The van der Waals surface area contributed by atoms with Gasteiger partial charge in [-0.15, -0.1) is 0 Å². The van der Waals surface area contributed by atoms with Crippen LogP contribution < -0.4 is 0 Å². The monoisotopic (exact) mass is 262 g/mol. The topological polar surface area (TPSA) is 17.1 Å². The van der Waals surface area contributed by atoms with Crippen LogP contribution in [0, 0.1) is 5.82 Å². The first-order chi connectivity index (χ1) is 8.36. The van der Waals surface area contributed by atoms with Crippen molar-refractivity contribution in [2.24, 2.45) is 0 Å². The Morgan fingerprint density at radius 1 is 1.22 bits per heavy atom. The Kier molecular flexibility index (Phi) is 4.87. The first-order valence-electron chi connectivity index (χ1n) is 5.76. The Morgan fingerprint density at radius 3 is 2.44 bits per heavy atom. The number of benzene rings is 1. The van der Waals surface area contributed by atoms with E-state index < -0.39 is 28.9 Å². The molecule has 0 spiro atoms. The summed E-state index contributed by atoms with van der Waals surface area (Å²) in [6.45, 7) is 1.94. The van der Waals surface area contributed by atoms with Gasteiger partial charge < -0.3 is 0 Å². The van der Waals surface area contributed by atoms with Gasteiger partial charge in [-0.3, -0.25) is 4.79 Å². The van der Waals surface area contributed by atoms with E-state index in [1.54, 1.807) is 0 Å². The molecule has 1 aromatic carbocycles. The number of hydrogen-bond acceptors (Lipinski definition) is 1. The van der Waals surface area contributed by atoms with E-state index in [2.05, 4.69) is 0 Å². The van der Waals surface area contributed by atoms with Crippen LogP contribution in [0.25, 0.3) is 0 Å². The molecule has 0 fully saturated rings.